The molecule has 0 saturated carbocycles. The van der Waals surface area contributed by atoms with Crippen molar-refractivity contribution in [3.05, 3.63) is 29.6 Å². The van der Waals surface area contributed by atoms with Crippen LogP contribution in [0.2, 0.25) is 0 Å². The number of hydrogen-bond donors (Lipinski definition) is 1. The summed E-state index contributed by atoms with van der Waals surface area (Å²) in [7, 11) is 0. The van der Waals surface area contributed by atoms with Crippen molar-refractivity contribution in [2.24, 2.45) is 0 Å². The second-order valence-corrected chi connectivity index (χ2v) is 4.17. The van der Waals surface area contributed by atoms with E-state index < -0.39 is 5.82 Å². The maximum Gasteiger partial charge on any atom is 0.235 e. The number of halogens is 2. The Bertz CT molecular complexity index is 425. The summed E-state index contributed by atoms with van der Waals surface area (Å²) in [4.78, 5) is 11.3. The molecule has 17 heavy (non-hydrogen) atoms. The number of hydrogen-bond acceptors (Lipinski definition) is 2. The molecule has 1 atom stereocenters. The van der Waals surface area contributed by atoms with Crippen molar-refractivity contribution in [1.82, 2.24) is 5.32 Å². The van der Waals surface area contributed by atoms with E-state index in [2.05, 4.69) is 5.32 Å². The van der Waals surface area contributed by atoms with Gasteiger partial charge in [-0.05, 0) is 18.9 Å². The molecule has 3 nitrogen and oxygen atoms in total. The van der Waals surface area contributed by atoms with Gasteiger partial charge in [0.05, 0.1) is 12.6 Å². The zero-order valence-corrected chi connectivity index (χ0v) is 9.97. The van der Waals surface area contributed by atoms with E-state index in [1.54, 1.807) is 12.1 Å². The van der Waals surface area contributed by atoms with Crippen molar-refractivity contribution in [2.45, 2.75) is 18.9 Å². The van der Waals surface area contributed by atoms with E-state index in [9.17, 15) is 9.18 Å². The van der Waals surface area contributed by atoms with Crippen LogP contribution in [0.3, 0.4) is 0 Å². The molecule has 5 heteroatoms. The zero-order valence-electron chi connectivity index (χ0n) is 9.21. The molecule has 0 radical (unpaired) electrons. The van der Waals surface area contributed by atoms with E-state index >= 15 is 0 Å². The molecule has 1 aliphatic rings. The fourth-order valence-corrected chi connectivity index (χ4v) is 2.03. The molecule has 0 saturated heterocycles. The monoisotopic (exact) mass is 257 g/mol. The molecule has 92 valence electrons. The number of ether oxygens (including phenoxy) is 1. The summed E-state index contributed by atoms with van der Waals surface area (Å²) in [5.41, 5.74) is 0.681. The Hall–Kier alpha value is -1.29. The molecule has 1 amide bonds. The van der Waals surface area contributed by atoms with Gasteiger partial charge >= 0.3 is 0 Å². The van der Waals surface area contributed by atoms with Crippen LogP contribution in [0.5, 0.6) is 5.75 Å². The molecule has 1 aromatic rings. The quantitative estimate of drug-likeness (QED) is 0.827. The van der Waals surface area contributed by atoms with Crippen LogP contribution in [0, 0.1) is 5.82 Å². The summed E-state index contributed by atoms with van der Waals surface area (Å²) in [6.45, 7) is 0.460. The van der Waals surface area contributed by atoms with Crippen LogP contribution in [-0.2, 0) is 4.79 Å². The summed E-state index contributed by atoms with van der Waals surface area (Å²) in [6.07, 6.45) is 1.49. The SMILES string of the molecule is O=C(CCl)NC1CCCOc2c(F)cccc21. The molecule has 2 rings (SSSR count). The first-order valence-electron chi connectivity index (χ1n) is 5.49. The molecule has 0 aromatic heterocycles. The highest BCUT2D eigenvalue weighted by atomic mass is 35.5. The largest absolute Gasteiger partial charge is 0.490 e. The van der Waals surface area contributed by atoms with Gasteiger partial charge in [-0.1, -0.05) is 12.1 Å². The summed E-state index contributed by atoms with van der Waals surface area (Å²) in [5, 5.41) is 2.77. The average Bonchev–Trinajstić information content (AvgIpc) is 2.53. The van der Waals surface area contributed by atoms with Gasteiger partial charge in [-0.2, -0.15) is 0 Å². The van der Waals surface area contributed by atoms with Crippen LogP contribution in [-0.4, -0.2) is 18.4 Å². The number of rotatable bonds is 2. The van der Waals surface area contributed by atoms with E-state index in [1.807, 2.05) is 0 Å². The predicted octanol–water partition coefficient (Wildman–Crippen LogP) is 2.39. The van der Waals surface area contributed by atoms with Crippen molar-refractivity contribution in [1.29, 1.82) is 0 Å². The van der Waals surface area contributed by atoms with Crippen molar-refractivity contribution in [3.8, 4) is 5.75 Å². The van der Waals surface area contributed by atoms with Crippen LogP contribution >= 0.6 is 11.6 Å². The van der Waals surface area contributed by atoms with Gasteiger partial charge in [-0.25, -0.2) is 4.39 Å². The summed E-state index contributed by atoms with van der Waals surface area (Å²) < 4.78 is 18.9. The number of fused-ring (bicyclic) bond motifs is 1. The van der Waals surface area contributed by atoms with Crippen molar-refractivity contribution in [2.75, 3.05) is 12.5 Å². The number of alkyl halides is 1. The van der Waals surface area contributed by atoms with Crippen LogP contribution in [0.15, 0.2) is 18.2 Å². The van der Waals surface area contributed by atoms with Crippen LogP contribution in [0.4, 0.5) is 4.39 Å². The van der Waals surface area contributed by atoms with Gasteiger partial charge in [0.25, 0.3) is 0 Å². The second kappa shape index (κ2) is 5.36. The highest BCUT2D eigenvalue weighted by molar-refractivity contribution is 6.27. The van der Waals surface area contributed by atoms with Gasteiger partial charge in [0.1, 0.15) is 5.88 Å². The number of para-hydroxylation sites is 1. The lowest BCUT2D eigenvalue weighted by molar-refractivity contribution is -0.119. The third kappa shape index (κ3) is 2.69. The van der Waals surface area contributed by atoms with Gasteiger partial charge in [-0.3, -0.25) is 4.79 Å². The molecule has 0 fully saturated rings. The van der Waals surface area contributed by atoms with E-state index in [0.29, 0.717) is 12.2 Å². The lowest BCUT2D eigenvalue weighted by atomic mass is 10.0. The van der Waals surface area contributed by atoms with Crippen LogP contribution in [0.25, 0.3) is 0 Å². The molecule has 1 N–H and O–H groups in total. The Labute approximate surface area is 104 Å². The minimum Gasteiger partial charge on any atom is -0.490 e. The second-order valence-electron chi connectivity index (χ2n) is 3.90. The summed E-state index contributed by atoms with van der Waals surface area (Å²) >= 11 is 5.45. The van der Waals surface area contributed by atoms with E-state index in [4.69, 9.17) is 16.3 Å². The molecular formula is C12H13ClFNO2. The normalized spacial score (nSPS) is 18.8. The number of benzene rings is 1. The maximum absolute atomic E-state index is 13.6. The van der Waals surface area contributed by atoms with Crippen LogP contribution in [0.1, 0.15) is 24.4 Å². The van der Waals surface area contributed by atoms with Gasteiger partial charge in [0.2, 0.25) is 5.91 Å². The Morgan fingerprint density at radius 1 is 1.59 bits per heavy atom. The Balaban J connectivity index is 2.30. The third-order valence-electron chi connectivity index (χ3n) is 2.71. The molecular weight excluding hydrogens is 245 g/mol. The van der Waals surface area contributed by atoms with Gasteiger partial charge in [-0.15, -0.1) is 11.6 Å². The molecule has 0 bridgehead atoms. The molecule has 1 heterocycles. The predicted molar refractivity (Wildman–Crippen MR) is 62.7 cm³/mol. The molecule has 0 spiro atoms. The Kier molecular flexibility index (Phi) is 3.84. The summed E-state index contributed by atoms with van der Waals surface area (Å²) in [5.74, 6) is -0.504. The van der Waals surface area contributed by atoms with E-state index in [1.165, 1.54) is 6.07 Å². The molecule has 0 aliphatic carbocycles. The number of amides is 1. The van der Waals surface area contributed by atoms with Gasteiger partial charge < -0.3 is 10.1 Å². The fraction of sp³-hybridized carbons (Fsp3) is 0.417. The Morgan fingerprint density at radius 3 is 3.18 bits per heavy atom. The molecule has 1 aromatic carbocycles. The van der Waals surface area contributed by atoms with Gasteiger partial charge in [0.15, 0.2) is 11.6 Å². The van der Waals surface area contributed by atoms with Crippen molar-refractivity contribution < 1.29 is 13.9 Å². The first kappa shape index (κ1) is 12.2. The summed E-state index contributed by atoms with van der Waals surface area (Å²) in [6, 6.07) is 4.50. The lowest BCUT2D eigenvalue weighted by Gasteiger charge is -2.17. The van der Waals surface area contributed by atoms with E-state index in [-0.39, 0.29) is 23.6 Å². The molecule has 1 unspecified atom stereocenters. The van der Waals surface area contributed by atoms with Crippen LogP contribution < -0.4 is 10.1 Å². The smallest absolute Gasteiger partial charge is 0.235 e. The van der Waals surface area contributed by atoms with Gasteiger partial charge in [0, 0.05) is 5.56 Å². The highest BCUT2D eigenvalue weighted by Gasteiger charge is 2.23. The fourth-order valence-electron chi connectivity index (χ4n) is 1.95. The topological polar surface area (TPSA) is 38.3 Å². The van der Waals surface area contributed by atoms with Crippen molar-refractivity contribution in [3.63, 3.8) is 0 Å². The minimum absolute atomic E-state index is 0.0952. The highest BCUT2D eigenvalue weighted by Crippen LogP contribution is 2.33. The number of nitrogens with one attached hydrogen (secondary N) is 1. The number of carbonyl (C=O) groups excluding carboxylic acids is 1. The Morgan fingerprint density at radius 2 is 2.41 bits per heavy atom. The standard InChI is InChI=1S/C12H13ClFNO2/c13-7-11(16)15-10-5-2-6-17-12-8(10)3-1-4-9(12)14/h1,3-4,10H,2,5-7H2,(H,15,16). The first-order chi connectivity index (χ1) is 8.22. The zero-order chi connectivity index (χ0) is 12.3. The lowest BCUT2D eigenvalue weighted by Crippen LogP contribution is -2.29. The third-order valence-corrected chi connectivity index (χ3v) is 2.96. The van der Waals surface area contributed by atoms with Crippen molar-refractivity contribution >= 4 is 17.5 Å². The van der Waals surface area contributed by atoms with E-state index in [0.717, 1.165) is 12.8 Å². The molecule has 1 aliphatic heterocycles. The minimum atomic E-state index is -0.394. The maximum atomic E-state index is 13.6. The first-order valence-corrected chi connectivity index (χ1v) is 6.02. The number of carbonyl (C=O) groups is 1. The average molecular weight is 258 g/mol.